The van der Waals surface area contributed by atoms with E-state index in [1.165, 1.54) is 36.6 Å². The van der Waals surface area contributed by atoms with Crippen LogP contribution >= 0.6 is 0 Å². The van der Waals surface area contributed by atoms with Crippen LogP contribution in [0.3, 0.4) is 0 Å². The van der Waals surface area contributed by atoms with Gasteiger partial charge in [-0.3, -0.25) is 4.99 Å². The molecule has 0 fully saturated rings. The fraction of sp³-hybridized carbons (Fsp3) is 0.312. The third-order valence-electron chi connectivity index (χ3n) is 6.08. The van der Waals surface area contributed by atoms with Crippen LogP contribution in [0.5, 0.6) is 5.75 Å². The molecule has 0 N–H and O–H groups in total. The Kier molecular flexibility index (Phi) is 11.2. The van der Waals surface area contributed by atoms with E-state index in [4.69, 9.17) is 4.74 Å². The van der Waals surface area contributed by atoms with Crippen molar-refractivity contribution in [2.45, 2.75) is 53.8 Å². The summed E-state index contributed by atoms with van der Waals surface area (Å²) in [7, 11) is 0. The molecule has 0 radical (unpaired) electrons. The summed E-state index contributed by atoms with van der Waals surface area (Å²) in [6, 6.07) is 11.2. The molecule has 0 amide bonds. The van der Waals surface area contributed by atoms with Crippen molar-refractivity contribution in [1.82, 2.24) is 0 Å². The number of hydrogen-bond acceptors (Lipinski definition) is 6. The van der Waals surface area contributed by atoms with E-state index in [9.17, 15) is 26.7 Å². The van der Waals surface area contributed by atoms with Gasteiger partial charge in [-0.05, 0) is 79.3 Å². The zero-order valence-electron chi connectivity index (χ0n) is 24.4. The Balaban J connectivity index is 2.14. The Morgan fingerprint density at radius 2 is 1.79 bits per heavy atom. The molecular weight excluding hydrogens is 569 g/mol. The zero-order valence-corrected chi connectivity index (χ0v) is 24.4. The molecule has 2 aromatic carbocycles. The van der Waals surface area contributed by atoms with E-state index in [2.05, 4.69) is 14.7 Å². The number of benzene rings is 2. The Morgan fingerprint density at radius 1 is 1.09 bits per heavy atom. The van der Waals surface area contributed by atoms with Crippen LogP contribution in [0.1, 0.15) is 45.2 Å². The molecule has 0 unspecified atom stereocenters. The Hall–Kier alpha value is -4.50. The monoisotopic (exact) mass is 601 g/mol. The average molecular weight is 602 g/mol. The second kappa shape index (κ2) is 14.6. The second-order valence-corrected chi connectivity index (χ2v) is 9.91. The van der Waals surface area contributed by atoms with E-state index in [0.29, 0.717) is 34.4 Å². The molecule has 1 heterocycles. The van der Waals surface area contributed by atoms with Crippen LogP contribution in [0.25, 0.3) is 5.57 Å². The third kappa shape index (κ3) is 9.24. The van der Waals surface area contributed by atoms with Crippen LogP contribution in [0.15, 0.2) is 87.5 Å². The van der Waals surface area contributed by atoms with E-state index in [-0.39, 0.29) is 23.2 Å². The number of alkyl halides is 5. The third-order valence-corrected chi connectivity index (χ3v) is 6.08. The van der Waals surface area contributed by atoms with E-state index in [1.54, 1.807) is 31.0 Å². The number of hydrogen-bond donors (Lipinski definition) is 0. The maximum Gasteiger partial charge on any atom is 0.422 e. The summed E-state index contributed by atoms with van der Waals surface area (Å²) in [4.78, 5) is 22.7. The molecule has 0 atom stereocenters. The lowest BCUT2D eigenvalue weighted by Gasteiger charge is -2.30. The number of aryl methyl sites for hydroxylation is 1. The molecule has 3 rings (SSSR count). The maximum atomic E-state index is 12.8. The molecule has 0 aliphatic carbocycles. The molecule has 1 aliphatic heterocycles. The van der Waals surface area contributed by atoms with Crippen molar-refractivity contribution in [3.05, 3.63) is 88.6 Å². The molecular formula is C32H32F5N3O3. The maximum absolute atomic E-state index is 12.8. The summed E-state index contributed by atoms with van der Waals surface area (Å²) < 4.78 is 73.1. The van der Waals surface area contributed by atoms with Gasteiger partial charge in [0.05, 0.1) is 5.69 Å². The summed E-state index contributed by atoms with van der Waals surface area (Å²) in [5, 5.41) is 0. The summed E-state index contributed by atoms with van der Waals surface area (Å²) >= 11 is 0. The minimum atomic E-state index is -4.54. The highest BCUT2D eigenvalue weighted by Gasteiger charge is 2.29. The fourth-order valence-corrected chi connectivity index (χ4v) is 4.11. The van der Waals surface area contributed by atoms with E-state index in [1.807, 2.05) is 45.1 Å². The summed E-state index contributed by atoms with van der Waals surface area (Å²) in [6.45, 7) is 4.82. The standard InChI is InChI=1S/C32H32F5N3O3/c1-6-7-29(42-19-32(35,36)37)39-16-24-17-40(25-10-13-27(21(4)14-25)38-15-20(2)3)28(18-41)30(22(24)5)23-8-11-26(12-9-23)43-31(33)34/h7-17,20,31H,6,19H2,1-5H3/b29-7-,38-15-,39-16-. The van der Waals surface area contributed by atoms with Gasteiger partial charge in [0, 0.05) is 35.5 Å². The van der Waals surface area contributed by atoms with Crippen molar-refractivity contribution in [3.63, 3.8) is 0 Å². The van der Waals surface area contributed by atoms with Gasteiger partial charge < -0.3 is 14.4 Å². The van der Waals surface area contributed by atoms with Crippen molar-refractivity contribution >= 4 is 35.3 Å². The van der Waals surface area contributed by atoms with E-state index in [0.717, 1.165) is 11.3 Å². The smallest absolute Gasteiger partial charge is 0.422 e. The summed E-state index contributed by atoms with van der Waals surface area (Å²) in [5.74, 6) is 1.97. The van der Waals surface area contributed by atoms with Crippen molar-refractivity contribution in [2.24, 2.45) is 15.9 Å². The number of allylic oxidation sites excluding steroid dienone is 4. The minimum absolute atomic E-state index is 0.0667. The van der Waals surface area contributed by atoms with Crippen LogP contribution in [0.4, 0.5) is 33.3 Å². The normalized spacial score (nSPS) is 14.8. The highest BCUT2D eigenvalue weighted by atomic mass is 19.4. The molecule has 1 aliphatic rings. The molecule has 43 heavy (non-hydrogen) atoms. The van der Waals surface area contributed by atoms with E-state index >= 15 is 0 Å². The van der Waals surface area contributed by atoms with Crippen LogP contribution in [-0.2, 0) is 9.53 Å². The Labute approximate surface area is 247 Å². The molecule has 0 saturated carbocycles. The first-order valence-corrected chi connectivity index (χ1v) is 13.4. The van der Waals surface area contributed by atoms with Gasteiger partial charge in [-0.15, -0.1) is 0 Å². The number of nitrogens with zero attached hydrogens (tertiary/aromatic N) is 3. The molecule has 11 heteroatoms. The lowest BCUT2D eigenvalue weighted by atomic mass is 9.90. The van der Waals surface area contributed by atoms with Gasteiger partial charge in [0.25, 0.3) is 0 Å². The number of aliphatic imine (C=N–C) groups is 2. The number of rotatable bonds is 11. The molecule has 228 valence electrons. The molecule has 0 bridgehead atoms. The number of halogens is 5. The van der Waals surface area contributed by atoms with Gasteiger partial charge in [-0.2, -0.15) is 22.0 Å². The van der Waals surface area contributed by atoms with Crippen LogP contribution < -0.4 is 9.64 Å². The molecule has 0 spiro atoms. The number of ether oxygens (including phenoxy) is 2. The minimum Gasteiger partial charge on any atom is -0.468 e. The zero-order chi connectivity index (χ0) is 31.7. The first-order valence-electron chi connectivity index (χ1n) is 13.4. The number of carbonyl (C=O) groups excluding carboxylic acids is 1. The lowest BCUT2D eigenvalue weighted by Crippen LogP contribution is -2.23. The van der Waals surface area contributed by atoms with Crippen molar-refractivity contribution in [3.8, 4) is 5.75 Å². The first kappa shape index (κ1) is 33.0. The topological polar surface area (TPSA) is 63.5 Å². The highest BCUT2D eigenvalue weighted by Crippen LogP contribution is 2.39. The van der Waals surface area contributed by atoms with Crippen molar-refractivity contribution in [1.29, 1.82) is 0 Å². The largest absolute Gasteiger partial charge is 0.468 e. The van der Waals surface area contributed by atoms with Crippen LogP contribution in [0, 0.1) is 12.8 Å². The molecule has 2 aromatic rings. The SMILES string of the molecule is CC/C=C(/N=C\C1=CN(c2ccc(/N=C\C(C)C)c(C)c2)C(=C=O)C(c2ccc(OC(F)F)cc2)=C1C)OCC(F)(F)F. The summed E-state index contributed by atoms with van der Waals surface area (Å²) in [5.41, 5.74) is 4.21. The van der Waals surface area contributed by atoms with Crippen molar-refractivity contribution in [2.75, 3.05) is 11.5 Å². The first-order chi connectivity index (χ1) is 20.3. The van der Waals surface area contributed by atoms with Crippen LogP contribution in [0.2, 0.25) is 0 Å². The molecule has 6 nitrogen and oxygen atoms in total. The molecule has 0 saturated heterocycles. The lowest BCUT2D eigenvalue weighted by molar-refractivity contribution is -0.165. The average Bonchev–Trinajstić information content (AvgIpc) is 2.93. The predicted octanol–water partition coefficient (Wildman–Crippen LogP) is 8.75. The Morgan fingerprint density at radius 3 is 2.35 bits per heavy atom. The van der Waals surface area contributed by atoms with Gasteiger partial charge in [0.2, 0.25) is 5.88 Å². The van der Waals surface area contributed by atoms with Gasteiger partial charge in [-0.1, -0.05) is 32.9 Å². The number of anilines is 1. The fourth-order valence-electron chi connectivity index (χ4n) is 4.11. The van der Waals surface area contributed by atoms with Gasteiger partial charge in [0.1, 0.15) is 11.4 Å². The van der Waals surface area contributed by atoms with Gasteiger partial charge in [-0.25, -0.2) is 9.79 Å². The second-order valence-electron chi connectivity index (χ2n) is 9.91. The summed E-state index contributed by atoms with van der Waals surface area (Å²) in [6.07, 6.45) is 2.05. The Bertz CT molecular complexity index is 1500. The van der Waals surface area contributed by atoms with E-state index < -0.39 is 19.4 Å². The predicted molar refractivity (Wildman–Crippen MR) is 158 cm³/mol. The van der Waals surface area contributed by atoms with Crippen molar-refractivity contribution < 1.29 is 36.2 Å². The van der Waals surface area contributed by atoms with Gasteiger partial charge in [0.15, 0.2) is 12.5 Å². The van der Waals surface area contributed by atoms with Crippen LogP contribution in [-0.4, -0.2) is 37.8 Å². The quantitative estimate of drug-likeness (QED) is 0.112. The highest BCUT2D eigenvalue weighted by molar-refractivity contribution is 6.02. The van der Waals surface area contributed by atoms with Gasteiger partial charge >= 0.3 is 12.8 Å². The molecule has 0 aromatic heterocycles.